The summed E-state index contributed by atoms with van der Waals surface area (Å²) in [5, 5.41) is 18.8. The number of amides is 2. The molecular weight excluding hydrogens is 646 g/mol. The predicted octanol–water partition coefficient (Wildman–Crippen LogP) is 3.53. The number of aromatic carboxylic acids is 1. The van der Waals surface area contributed by atoms with Gasteiger partial charge >= 0.3 is 26.2 Å². The van der Waals surface area contributed by atoms with Gasteiger partial charge in [-0.3, -0.25) is 9.59 Å². The van der Waals surface area contributed by atoms with E-state index in [1.54, 1.807) is 38.1 Å². The molecule has 3 heterocycles. The predicted molar refractivity (Wildman–Crippen MR) is 181 cm³/mol. The van der Waals surface area contributed by atoms with Gasteiger partial charge in [-0.15, -0.1) is 0 Å². The minimum atomic E-state index is -1.22. The van der Waals surface area contributed by atoms with E-state index in [9.17, 15) is 24.2 Å². The first kappa shape index (κ1) is 35.7. The number of para-hydroxylation sites is 2. The summed E-state index contributed by atoms with van der Waals surface area (Å²) in [7, 11) is -1.75. The second-order valence-electron chi connectivity index (χ2n) is 15.4. The lowest BCUT2D eigenvalue weighted by molar-refractivity contribution is -0.199. The summed E-state index contributed by atoms with van der Waals surface area (Å²) in [5.41, 5.74) is 12.4. The van der Waals surface area contributed by atoms with Gasteiger partial charge in [-0.1, -0.05) is 38.1 Å². The van der Waals surface area contributed by atoms with Crippen molar-refractivity contribution in [3.8, 4) is 11.5 Å². The molecule has 2 aromatic rings. The Hall–Kier alpha value is -4.07. The molecule has 4 fully saturated rings. The van der Waals surface area contributed by atoms with Crippen LogP contribution in [0.15, 0.2) is 36.4 Å². The van der Waals surface area contributed by atoms with E-state index in [-0.39, 0.29) is 47.1 Å². The van der Waals surface area contributed by atoms with Crippen molar-refractivity contribution in [2.75, 3.05) is 0 Å². The lowest BCUT2D eigenvalue weighted by atomic mass is 9.43. The Morgan fingerprint density at radius 2 is 1.70 bits per heavy atom. The largest absolute Gasteiger partial charge is 0.535 e. The van der Waals surface area contributed by atoms with Crippen LogP contribution in [0.25, 0.3) is 0 Å². The van der Waals surface area contributed by atoms with Gasteiger partial charge in [0.05, 0.1) is 17.3 Å². The molecule has 1 unspecified atom stereocenters. The molecule has 1 saturated heterocycles. The molecule has 2 bridgehead atoms. The number of rotatable bonds is 8. The minimum absolute atomic E-state index is 0.00208. The summed E-state index contributed by atoms with van der Waals surface area (Å²) < 4.78 is 29.6. The first-order valence-corrected chi connectivity index (χ1v) is 17.0. The Kier molecular flexibility index (Phi) is 9.23. The van der Waals surface area contributed by atoms with Crippen LogP contribution in [0.3, 0.4) is 0 Å². The highest BCUT2D eigenvalue weighted by Gasteiger charge is 2.68. The number of carbonyl (C=O) groups excluding carboxylic acids is 3. The molecule has 6 atom stereocenters. The third-order valence-corrected chi connectivity index (χ3v) is 11.2. The SMILES string of the molecule is CC1(C)OC(=O)c2cccc(C[C@H](CC(N)=O)B3OC4C[C@@H]5C[C@@H](C5(C)C)[C@]4(C)O3)c2O1.NC(=O)C[C@H]1Cc2cccc(C(=O)O)c2OB1O. The van der Waals surface area contributed by atoms with E-state index in [1.165, 1.54) is 6.07 Å². The number of hydrogen-bond donors (Lipinski definition) is 4. The average molecular weight is 690 g/mol. The number of esters is 1. The molecule has 0 radical (unpaired) electrons. The summed E-state index contributed by atoms with van der Waals surface area (Å²) in [6.07, 6.45) is 3.09. The fraction of sp³-hybridized carbons (Fsp3) is 0.543. The zero-order valence-corrected chi connectivity index (χ0v) is 29.0. The molecule has 2 aromatic carbocycles. The van der Waals surface area contributed by atoms with E-state index in [0.717, 1.165) is 18.4 Å². The van der Waals surface area contributed by atoms with E-state index in [4.69, 9.17) is 40.0 Å². The van der Waals surface area contributed by atoms with Gasteiger partial charge in [-0.25, -0.2) is 9.59 Å². The molecule has 6 aliphatic rings. The topological polar surface area (TPSA) is 207 Å². The number of ether oxygens (including phenoxy) is 2. The van der Waals surface area contributed by atoms with Crippen molar-refractivity contribution < 1.29 is 52.7 Å². The number of cyclic esters (lactones) is 1. The fourth-order valence-corrected chi connectivity index (χ4v) is 8.56. The number of carboxylic acids is 1. The maximum Gasteiger partial charge on any atom is 0.526 e. The molecule has 13 nitrogen and oxygen atoms in total. The van der Waals surface area contributed by atoms with Crippen molar-refractivity contribution in [2.24, 2.45) is 28.7 Å². The van der Waals surface area contributed by atoms with Gasteiger partial charge in [0.1, 0.15) is 17.1 Å². The molecule has 6 N–H and O–H groups in total. The molecule has 8 rings (SSSR count). The monoisotopic (exact) mass is 690 g/mol. The second-order valence-corrected chi connectivity index (χ2v) is 15.4. The molecule has 0 spiro atoms. The Morgan fingerprint density at radius 1 is 0.980 bits per heavy atom. The smallest absolute Gasteiger partial charge is 0.526 e. The maximum absolute atomic E-state index is 12.5. The van der Waals surface area contributed by atoms with Crippen molar-refractivity contribution in [3.05, 3.63) is 58.7 Å². The van der Waals surface area contributed by atoms with Crippen LogP contribution >= 0.6 is 0 Å². The van der Waals surface area contributed by atoms with Crippen LogP contribution in [0.5, 0.6) is 11.5 Å². The van der Waals surface area contributed by atoms with Crippen LogP contribution in [0, 0.1) is 17.3 Å². The van der Waals surface area contributed by atoms with Crippen LogP contribution < -0.4 is 20.9 Å². The Morgan fingerprint density at radius 3 is 2.36 bits per heavy atom. The Balaban J connectivity index is 0.000000204. The van der Waals surface area contributed by atoms with Crippen molar-refractivity contribution in [1.82, 2.24) is 0 Å². The lowest BCUT2D eigenvalue weighted by Crippen LogP contribution is -2.65. The fourth-order valence-electron chi connectivity index (χ4n) is 8.56. The van der Waals surface area contributed by atoms with Crippen LogP contribution in [0.1, 0.15) is 92.1 Å². The van der Waals surface area contributed by atoms with Crippen LogP contribution in [-0.4, -0.2) is 65.6 Å². The molecule has 50 heavy (non-hydrogen) atoms. The summed E-state index contributed by atoms with van der Waals surface area (Å²) in [4.78, 5) is 46.3. The van der Waals surface area contributed by atoms with Crippen molar-refractivity contribution >= 4 is 38.0 Å². The van der Waals surface area contributed by atoms with Crippen molar-refractivity contribution in [2.45, 2.75) is 102 Å². The molecule has 2 amide bonds. The number of hydrogen-bond acceptors (Lipinski definition) is 10. The third kappa shape index (κ3) is 6.58. The van der Waals surface area contributed by atoms with Crippen LogP contribution in [0.4, 0.5) is 0 Å². The quantitative estimate of drug-likeness (QED) is 0.233. The molecule has 3 saturated carbocycles. The van der Waals surface area contributed by atoms with Gasteiger partial charge in [-0.2, -0.15) is 0 Å². The summed E-state index contributed by atoms with van der Waals surface area (Å²) >= 11 is 0. The zero-order chi connectivity index (χ0) is 36.3. The number of fused-ring (bicyclic) bond motifs is 2. The molecule has 3 aliphatic heterocycles. The minimum Gasteiger partial charge on any atom is -0.535 e. The number of benzene rings is 2. The van der Waals surface area contributed by atoms with E-state index >= 15 is 0 Å². The summed E-state index contributed by atoms with van der Waals surface area (Å²) in [5.74, 6) is -2.53. The van der Waals surface area contributed by atoms with Gasteiger partial charge < -0.3 is 45.0 Å². The summed E-state index contributed by atoms with van der Waals surface area (Å²) in [6, 6.07) is 10.1. The summed E-state index contributed by atoms with van der Waals surface area (Å²) in [6.45, 7) is 10.2. The van der Waals surface area contributed by atoms with Crippen LogP contribution in [-0.2, 0) is 36.5 Å². The van der Waals surface area contributed by atoms with Crippen molar-refractivity contribution in [1.29, 1.82) is 0 Å². The second kappa shape index (κ2) is 12.9. The van der Waals surface area contributed by atoms with E-state index in [2.05, 4.69) is 20.8 Å². The van der Waals surface area contributed by atoms with E-state index < -0.39 is 49.6 Å². The maximum atomic E-state index is 12.5. The normalized spacial score (nSPS) is 28.5. The molecule has 266 valence electrons. The van der Waals surface area contributed by atoms with Gasteiger partial charge in [0.2, 0.25) is 17.6 Å². The van der Waals surface area contributed by atoms with Gasteiger partial charge in [0, 0.05) is 38.3 Å². The first-order chi connectivity index (χ1) is 23.4. The average Bonchev–Trinajstić information content (AvgIpc) is 3.38. The molecular formula is C35H44B2N2O11. The van der Waals surface area contributed by atoms with E-state index in [1.807, 2.05) is 6.07 Å². The van der Waals surface area contributed by atoms with Gasteiger partial charge in [0.15, 0.2) is 0 Å². The number of nitrogens with two attached hydrogens (primary N) is 2. The third-order valence-electron chi connectivity index (χ3n) is 11.2. The first-order valence-electron chi connectivity index (χ1n) is 17.0. The highest BCUT2D eigenvalue weighted by molar-refractivity contribution is 6.48. The number of carbonyl (C=O) groups is 4. The van der Waals surface area contributed by atoms with Gasteiger partial charge in [0.25, 0.3) is 0 Å². The van der Waals surface area contributed by atoms with Crippen LogP contribution in [0.2, 0.25) is 11.6 Å². The zero-order valence-electron chi connectivity index (χ0n) is 29.0. The highest BCUT2D eigenvalue weighted by Crippen LogP contribution is 2.66. The molecule has 3 aliphatic carbocycles. The highest BCUT2D eigenvalue weighted by atomic mass is 16.7. The van der Waals surface area contributed by atoms with Gasteiger partial charge in [-0.05, 0) is 73.1 Å². The number of primary amides is 2. The lowest BCUT2D eigenvalue weighted by Gasteiger charge is -2.64. The standard InChI is InChI=1S/C24H32BNO6.C11H12BNO5/c1-22(2)14-10-17(22)24(5)18(11-14)31-25(32-24)15(12-19(26)27)9-13-7-6-8-16-20(13)29-23(3,4)30-21(16)28;13-9(14)5-7-4-6-2-1-3-8(11(15)16)10(6)18-12(7)17/h6-8,14-15,17-18H,9-12H2,1-5H3,(H2,26,27);1-3,7,17H,4-5H2,(H2,13,14)(H,15,16)/t14-,15+,17-,18?,24-;7-/m01/s1. The van der Waals surface area contributed by atoms with E-state index in [0.29, 0.717) is 41.6 Å². The molecule has 0 aromatic heterocycles. The van der Waals surface area contributed by atoms with Crippen molar-refractivity contribution in [3.63, 3.8) is 0 Å². The Bertz CT molecular complexity index is 1720. The number of carboxylic acid groups (broad SMARTS) is 1. The molecule has 15 heteroatoms. The Labute approximate surface area is 291 Å².